The van der Waals surface area contributed by atoms with Crippen molar-refractivity contribution in [2.24, 2.45) is 0 Å². The first-order chi connectivity index (χ1) is 9.72. The molecule has 2 aliphatic rings. The molecule has 6 nitrogen and oxygen atoms in total. The van der Waals surface area contributed by atoms with Gasteiger partial charge in [0, 0.05) is 45.7 Å². The molecule has 2 saturated heterocycles. The molecule has 2 amide bonds. The van der Waals surface area contributed by atoms with Crippen molar-refractivity contribution < 1.29 is 9.59 Å². The number of piperazine rings is 1. The van der Waals surface area contributed by atoms with Crippen LogP contribution in [-0.2, 0) is 9.59 Å². The summed E-state index contributed by atoms with van der Waals surface area (Å²) in [5.74, 6) is 0.327. The van der Waals surface area contributed by atoms with Gasteiger partial charge in [-0.15, -0.1) is 0 Å². The van der Waals surface area contributed by atoms with E-state index >= 15 is 0 Å². The standard InChI is InChI=1S/C14H26N4O2/c1-2-16-13(19)5-9-17-8-3-4-12(17)14(20)18-10-6-15-7-11-18/h12,15H,2-11H2,1H3,(H,16,19). The minimum absolute atomic E-state index is 0.0115. The monoisotopic (exact) mass is 282 g/mol. The molecule has 2 N–H and O–H groups in total. The van der Waals surface area contributed by atoms with Gasteiger partial charge in [0.05, 0.1) is 6.04 Å². The van der Waals surface area contributed by atoms with Crippen LogP contribution in [0.15, 0.2) is 0 Å². The molecule has 20 heavy (non-hydrogen) atoms. The first-order valence-corrected chi connectivity index (χ1v) is 7.72. The number of hydrogen-bond donors (Lipinski definition) is 2. The van der Waals surface area contributed by atoms with E-state index in [1.807, 2.05) is 11.8 Å². The van der Waals surface area contributed by atoms with Crippen LogP contribution < -0.4 is 10.6 Å². The SMILES string of the molecule is CCNC(=O)CCN1CCCC1C(=O)N1CCNCC1. The normalized spacial score (nSPS) is 23.9. The fourth-order valence-electron chi connectivity index (χ4n) is 3.00. The highest BCUT2D eigenvalue weighted by molar-refractivity contribution is 5.82. The van der Waals surface area contributed by atoms with Crippen molar-refractivity contribution in [2.75, 3.05) is 45.8 Å². The predicted molar refractivity (Wildman–Crippen MR) is 77.3 cm³/mol. The van der Waals surface area contributed by atoms with Crippen LogP contribution in [0.3, 0.4) is 0 Å². The number of carbonyl (C=O) groups excluding carboxylic acids is 2. The van der Waals surface area contributed by atoms with Crippen molar-refractivity contribution in [3.63, 3.8) is 0 Å². The molecule has 2 heterocycles. The van der Waals surface area contributed by atoms with Crippen LogP contribution in [0.25, 0.3) is 0 Å². The Morgan fingerprint density at radius 1 is 1.25 bits per heavy atom. The maximum absolute atomic E-state index is 12.5. The number of nitrogens with zero attached hydrogens (tertiary/aromatic N) is 2. The third-order valence-electron chi connectivity index (χ3n) is 4.08. The lowest BCUT2D eigenvalue weighted by atomic mass is 10.1. The Morgan fingerprint density at radius 3 is 2.70 bits per heavy atom. The van der Waals surface area contributed by atoms with Crippen LogP contribution in [-0.4, -0.2) is 73.5 Å². The van der Waals surface area contributed by atoms with E-state index in [0.717, 1.165) is 45.6 Å². The van der Waals surface area contributed by atoms with Gasteiger partial charge in [-0.1, -0.05) is 0 Å². The minimum Gasteiger partial charge on any atom is -0.356 e. The lowest BCUT2D eigenvalue weighted by Crippen LogP contribution is -2.52. The zero-order valence-electron chi connectivity index (χ0n) is 12.4. The van der Waals surface area contributed by atoms with Crippen molar-refractivity contribution in [1.29, 1.82) is 0 Å². The van der Waals surface area contributed by atoms with Gasteiger partial charge in [0.1, 0.15) is 0 Å². The van der Waals surface area contributed by atoms with Crippen LogP contribution in [0.2, 0.25) is 0 Å². The summed E-state index contributed by atoms with van der Waals surface area (Å²) in [6, 6.07) is -0.0115. The number of likely N-dealkylation sites (tertiary alicyclic amines) is 1. The van der Waals surface area contributed by atoms with E-state index in [-0.39, 0.29) is 17.9 Å². The average Bonchev–Trinajstić information content (AvgIpc) is 2.94. The third-order valence-corrected chi connectivity index (χ3v) is 4.08. The van der Waals surface area contributed by atoms with Gasteiger partial charge in [0.15, 0.2) is 0 Å². The molecule has 0 aromatic rings. The highest BCUT2D eigenvalue weighted by Crippen LogP contribution is 2.19. The highest BCUT2D eigenvalue weighted by Gasteiger charge is 2.33. The second-order valence-corrected chi connectivity index (χ2v) is 5.47. The van der Waals surface area contributed by atoms with E-state index in [9.17, 15) is 9.59 Å². The van der Waals surface area contributed by atoms with Crippen LogP contribution in [0.4, 0.5) is 0 Å². The van der Waals surface area contributed by atoms with Gasteiger partial charge >= 0.3 is 0 Å². The maximum Gasteiger partial charge on any atom is 0.240 e. The van der Waals surface area contributed by atoms with Gasteiger partial charge in [-0.2, -0.15) is 0 Å². The fraction of sp³-hybridized carbons (Fsp3) is 0.857. The third kappa shape index (κ3) is 3.93. The molecule has 0 aromatic heterocycles. The summed E-state index contributed by atoms with van der Waals surface area (Å²) in [5.41, 5.74) is 0. The van der Waals surface area contributed by atoms with Gasteiger partial charge < -0.3 is 15.5 Å². The minimum atomic E-state index is -0.0115. The van der Waals surface area contributed by atoms with Gasteiger partial charge in [-0.3, -0.25) is 14.5 Å². The topological polar surface area (TPSA) is 64.7 Å². The summed E-state index contributed by atoms with van der Waals surface area (Å²) < 4.78 is 0. The molecule has 1 unspecified atom stereocenters. The Balaban J connectivity index is 1.83. The van der Waals surface area contributed by atoms with Gasteiger partial charge in [0.2, 0.25) is 11.8 Å². The fourth-order valence-corrected chi connectivity index (χ4v) is 3.00. The highest BCUT2D eigenvalue weighted by atomic mass is 16.2. The number of nitrogens with one attached hydrogen (secondary N) is 2. The first kappa shape index (κ1) is 15.3. The Hall–Kier alpha value is -1.14. The second-order valence-electron chi connectivity index (χ2n) is 5.47. The smallest absolute Gasteiger partial charge is 0.240 e. The van der Waals surface area contributed by atoms with E-state index in [2.05, 4.69) is 15.5 Å². The molecule has 0 spiro atoms. The summed E-state index contributed by atoms with van der Waals surface area (Å²) in [6.07, 6.45) is 2.47. The van der Waals surface area contributed by atoms with E-state index in [1.54, 1.807) is 0 Å². The number of carbonyl (C=O) groups is 2. The Morgan fingerprint density at radius 2 is 2.00 bits per heavy atom. The molecule has 0 saturated carbocycles. The average molecular weight is 282 g/mol. The quantitative estimate of drug-likeness (QED) is 0.707. The summed E-state index contributed by atoms with van der Waals surface area (Å²) >= 11 is 0. The number of rotatable bonds is 5. The van der Waals surface area contributed by atoms with Crippen molar-refractivity contribution in [1.82, 2.24) is 20.4 Å². The number of amides is 2. The Labute approximate surface area is 120 Å². The van der Waals surface area contributed by atoms with Crippen molar-refractivity contribution in [2.45, 2.75) is 32.2 Å². The van der Waals surface area contributed by atoms with Crippen LogP contribution in [0.5, 0.6) is 0 Å². The van der Waals surface area contributed by atoms with Gasteiger partial charge in [-0.05, 0) is 26.3 Å². The molecule has 2 fully saturated rings. The lowest BCUT2D eigenvalue weighted by Gasteiger charge is -2.32. The molecule has 114 valence electrons. The molecule has 0 bridgehead atoms. The molecule has 6 heteroatoms. The van der Waals surface area contributed by atoms with E-state index < -0.39 is 0 Å². The van der Waals surface area contributed by atoms with E-state index in [1.165, 1.54) is 0 Å². The van der Waals surface area contributed by atoms with Crippen LogP contribution >= 0.6 is 0 Å². The molecular weight excluding hydrogens is 256 g/mol. The molecule has 0 radical (unpaired) electrons. The molecule has 0 aliphatic carbocycles. The Kier molecular flexibility index (Phi) is 5.79. The molecular formula is C14H26N4O2. The molecule has 2 rings (SSSR count). The molecule has 2 aliphatic heterocycles. The molecule has 1 atom stereocenters. The first-order valence-electron chi connectivity index (χ1n) is 7.72. The van der Waals surface area contributed by atoms with Gasteiger partial charge in [-0.25, -0.2) is 0 Å². The van der Waals surface area contributed by atoms with E-state index in [4.69, 9.17) is 0 Å². The molecule has 0 aromatic carbocycles. The largest absolute Gasteiger partial charge is 0.356 e. The van der Waals surface area contributed by atoms with Crippen molar-refractivity contribution in [3.8, 4) is 0 Å². The zero-order chi connectivity index (χ0) is 14.4. The number of hydrogen-bond acceptors (Lipinski definition) is 4. The lowest BCUT2D eigenvalue weighted by molar-refractivity contribution is -0.137. The zero-order valence-corrected chi connectivity index (χ0v) is 12.4. The van der Waals surface area contributed by atoms with Gasteiger partial charge in [0.25, 0.3) is 0 Å². The van der Waals surface area contributed by atoms with Crippen molar-refractivity contribution in [3.05, 3.63) is 0 Å². The Bertz CT molecular complexity index is 342. The second kappa shape index (κ2) is 7.59. The predicted octanol–water partition coefficient (Wildman–Crippen LogP) is -0.591. The van der Waals surface area contributed by atoms with Crippen LogP contribution in [0, 0.1) is 0 Å². The van der Waals surface area contributed by atoms with Crippen LogP contribution in [0.1, 0.15) is 26.2 Å². The summed E-state index contributed by atoms with van der Waals surface area (Å²) in [5, 5.41) is 6.07. The summed E-state index contributed by atoms with van der Waals surface area (Å²) in [4.78, 5) is 28.2. The summed E-state index contributed by atoms with van der Waals surface area (Å²) in [6.45, 7) is 7.59. The van der Waals surface area contributed by atoms with Crippen molar-refractivity contribution >= 4 is 11.8 Å². The van der Waals surface area contributed by atoms with E-state index in [0.29, 0.717) is 19.5 Å². The maximum atomic E-state index is 12.5. The summed E-state index contributed by atoms with van der Waals surface area (Å²) in [7, 11) is 0.